The van der Waals surface area contributed by atoms with E-state index in [0.29, 0.717) is 0 Å². The maximum atomic E-state index is 5.84. The standard InChI is InChI=1S/C14H24N4/c1-11(15)12-5-6-13(16-9-12)18-8-7-17(4)14(2,3)10-18/h5-6,9,11H,7-8,10,15H2,1-4H3/t11-/m1/s1. The number of nitrogens with zero attached hydrogens (tertiary/aromatic N) is 3. The molecule has 1 aliphatic rings. The van der Waals surface area contributed by atoms with Gasteiger partial charge in [-0.15, -0.1) is 0 Å². The molecule has 100 valence electrons. The van der Waals surface area contributed by atoms with E-state index in [1.165, 1.54) is 0 Å². The van der Waals surface area contributed by atoms with Crippen molar-refractivity contribution in [3.05, 3.63) is 23.9 Å². The van der Waals surface area contributed by atoms with Crippen LogP contribution in [0.2, 0.25) is 0 Å². The van der Waals surface area contributed by atoms with E-state index >= 15 is 0 Å². The molecule has 2 rings (SSSR count). The molecular formula is C14H24N4. The van der Waals surface area contributed by atoms with Crippen LogP contribution >= 0.6 is 0 Å². The molecule has 2 N–H and O–H groups in total. The van der Waals surface area contributed by atoms with E-state index in [2.05, 4.69) is 47.8 Å². The van der Waals surface area contributed by atoms with Crippen LogP contribution in [0.15, 0.2) is 18.3 Å². The van der Waals surface area contributed by atoms with Gasteiger partial charge in [-0.25, -0.2) is 4.98 Å². The second-order valence-electron chi connectivity index (χ2n) is 5.89. The number of aromatic nitrogens is 1. The van der Waals surface area contributed by atoms with E-state index in [-0.39, 0.29) is 11.6 Å². The summed E-state index contributed by atoms with van der Waals surface area (Å²) in [6.45, 7) is 9.64. The van der Waals surface area contributed by atoms with E-state index < -0.39 is 0 Å². The number of anilines is 1. The minimum Gasteiger partial charge on any atom is -0.354 e. The van der Waals surface area contributed by atoms with Crippen molar-refractivity contribution in [1.29, 1.82) is 0 Å². The van der Waals surface area contributed by atoms with Crippen LogP contribution in [0, 0.1) is 0 Å². The van der Waals surface area contributed by atoms with Crippen molar-refractivity contribution in [3.8, 4) is 0 Å². The molecule has 0 aromatic carbocycles. The number of hydrogen-bond donors (Lipinski definition) is 1. The van der Waals surface area contributed by atoms with E-state index in [1.54, 1.807) is 0 Å². The van der Waals surface area contributed by atoms with Crippen molar-refractivity contribution >= 4 is 5.82 Å². The minimum absolute atomic E-state index is 0.0514. The van der Waals surface area contributed by atoms with Gasteiger partial charge in [0, 0.05) is 37.4 Å². The van der Waals surface area contributed by atoms with E-state index in [1.807, 2.05) is 13.1 Å². The summed E-state index contributed by atoms with van der Waals surface area (Å²) in [4.78, 5) is 9.30. The zero-order valence-corrected chi connectivity index (χ0v) is 11.8. The maximum Gasteiger partial charge on any atom is 0.128 e. The van der Waals surface area contributed by atoms with Crippen LogP contribution in [-0.2, 0) is 0 Å². The molecule has 1 aromatic rings. The van der Waals surface area contributed by atoms with Crippen LogP contribution in [0.1, 0.15) is 32.4 Å². The molecule has 18 heavy (non-hydrogen) atoms. The van der Waals surface area contributed by atoms with Gasteiger partial charge in [-0.05, 0) is 39.4 Å². The van der Waals surface area contributed by atoms with Crippen molar-refractivity contribution in [3.63, 3.8) is 0 Å². The number of rotatable bonds is 2. The van der Waals surface area contributed by atoms with Gasteiger partial charge in [-0.1, -0.05) is 6.07 Å². The molecule has 0 unspecified atom stereocenters. The summed E-state index contributed by atoms with van der Waals surface area (Å²) in [7, 11) is 2.18. The monoisotopic (exact) mass is 248 g/mol. The Morgan fingerprint density at radius 3 is 2.56 bits per heavy atom. The average molecular weight is 248 g/mol. The van der Waals surface area contributed by atoms with Gasteiger partial charge in [-0.3, -0.25) is 4.90 Å². The third-order valence-electron chi connectivity index (χ3n) is 3.94. The van der Waals surface area contributed by atoms with Crippen molar-refractivity contribution in [1.82, 2.24) is 9.88 Å². The first-order chi connectivity index (χ1) is 8.40. The minimum atomic E-state index is 0.0514. The number of pyridine rings is 1. The molecule has 1 aromatic heterocycles. The van der Waals surface area contributed by atoms with Crippen LogP contribution in [0.4, 0.5) is 5.82 Å². The Kier molecular flexibility index (Phi) is 3.59. The van der Waals surface area contributed by atoms with Crippen LogP contribution in [0.25, 0.3) is 0 Å². The molecule has 1 aliphatic heterocycles. The van der Waals surface area contributed by atoms with Gasteiger partial charge in [0.1, 0.15) is 5.82 Å². The summed E-state index contributed by atoms with van der Waals surface area (Å²) in [5.74, 6) is 1.06. The number of nitrogens with two attached hydrogens (primary N) is 1. The fraction of sp³-hybridized carbons (Fsp3) is 0.643. The molecule has 0 aliphatic carbocycles. The molecule has 1 atom stereocenters. The zero-order chi connectivity index (χ0) is 13.3. The van der Waals surface area contributed by atoms with E-state index in [0.717, 1.165) is 31.0 Å². The predicted molar refractivity (Wildman–Crippen MR) is 75.8 cm³/mol. The predicted octanol–water partition coefficient (Wildman–Crippen LogP) is 1.63. The summed E-state index contributed by atoms with van der Waals surface area (Å²) in [5.41, 5.74) is 7.13. The number of piperazine rings is 1. The SMILES string of the molecule is C[C@@H](N)c1ccc(N2CCN(C)C(C)(C)C2)nc1. The first kappa shape index (κ1) is 13.3. The Morgan fingerprint density at radius 2 is 2.06 bits per heavy atom. The molecule has 0 saturated carbocycles. The largest absolute Gasteiger partial charge is 0.354 e. The lowest BCUT2D eigenvalue weighted by Crippen LogP contribution is -2.57. The topological polar surface area (TPSA) is 45.4 Å². The average Bonchev–Trinajstić information content (AvgIpc) is 2.33. The summed E-state index contributed by atoms with van der Waals surface area (Å²) < 4.78 is 0. The Bertz CT molecular complexity index is 397. The lowest BCUT2D eigenvalue weighted by atomic mass is 10.00. The van der Waals surface area contributed by atoms with Gasteiger partial charge in [-0.2, -0.15) is 0 Å². The third kappa shape index (κ3) is 2.65. The highest BCUT2D eigenvalue weighted by atomic mass is 15.3. The Hall–Kier alpha value is -1.13. The first-order valence-corrected chi connectivity index (χ1v) is 6.58. The van der Waals surface area contributed by atoms with Gasteiger partial charge >= 0.3 is 0 Å². The number of hydrogen-bond acceptors (Lipinski definition) is 4. The van der Waals surface area contributed by atoms with Crippen LogP contribution in [0.3, 0.4) is 0 Å². The summed E-state index contributed by atoms with van der Waals surface area (Å²) in [5, 5.41) is 0. The second kappa shape index (κ2) is 4.86. The Labute approximate surface area is 110 Å². The lowest BCUT2D eigenvalue weighted by Gasteiger charge is -2.45. The summed E-state index contributed by atoms with van der Waals surface area (Å²) in [6.07, 6.45) is 1.89. The highest BCUT2D eigenvalue weighted by Gasteiger charge is 2.31. The molecule has 1 saturated heterocycles. The van der Waals surface area contributed by atoms with Crippen LogP contribution < -0.4 is 10.6 Å². The molecule has 4 heteroatoms. The summed E-state index contributed by atoms with van der Waals surface area (Å²) >= 11 is 0. The molecule has 0 amide bonds. The van der Waals surface area contributed by atoms with Crippen LogP contribution in [0.5, 0.6) is 0 Å². The maximum absolute atomic E-state index is 5.84. The Morgan fingerprint density at radius 1 is 1.33 bits per heavy atom. The highest BCUT2D eigenvalue weighted by Crippen LogP contribution is 2.23. The highest BCUT2D eigenvalue weighted by molar-refractivity contribution is 5.41. The van der Waals surface area contributed by atoms with Gasteiger partial charge in [0.05, 0.1) is 0 Å². The van der Waals surface area contributed by atoms with Gasteiger partial charge in [0.2, 0.25) is 0 Å². The van der Waals surface area contributed by atoms with E-state index in [4.69, 9.17) is 5.73 Å². The van der Waals surface area contributed by atoms with Crippen molar-refractivity contribution < 1.29 is 0 Å². The lowest BCUT2D eigenvalue weighted by molar-refractivity contribution is 0.138. The quantitative estimate of drug-likeness (QED) is 0.864. The fourth-order valence-corrected chi connectivity index (χ4v) is 2.29. The second-order valence-corrected chi connectivity index (χ2v) is 5.89. The molecule has 0 bridgehead atoms. The van der Waals surface area contributed by atoms with Crippen LogP contribution in [-0.4, -0.2) is 42.1 Å². The van der Waals surface area contributed by atoms with Gasteiger partial charge in [0.25, 0.3) is 0 Å². The van der Waals surface area contributed by atoms with Crippen molar-refractivity contribution in [2.24, 2.45) is 5.73 Å². The van der Waals surface area contributed by atoms with Gasteiger partial charge < -0.3 is 10.6 Å². The van der Waals surface area contributed by atoms with Crippen molar-refractivity contribution in [2.75, 3.05) is 31.6 Å². The molecule has 0 spiro atoms. The van der Waals surface area contributed by atoms with E-state index in [9.17, 15) is 0 Å². The Balaban J connectivity index is 2.13. The van der Waals surface area contributed by atoms with Crippen molar-refractivity contribution in [2.45, 2.75) is 32.4 Å². The molecular weight excluding hydrogens is 224 g/mol. The third-order valence-corrected chi connectivity index (χ3v) is 3.94. The first-order valence-electron chi connectivity index (χ1n) is 6.58. The normalized spacial score (nSPS) is 21.9. The fourth-order valence-electron chi connectivity index (χ4n) is 2.29. The summed E-state index contributed by atoms with van der Waals surface area (Å²) in [6, 6.07) is 4.22. The smallest absolute Gasteiger partial charge is 0.128 e. The molecule has 4 nitrogen and oxygen atoms in total. The zero-order valence-electron chi connectivity index (χ0n) is 11.8. The molecule has 0 radical (unpaired) electrons. The number of likely N-dealkylation sites (N-methyl/N-ethyl adjacent to an activating group) is 1. The van der Waals surface area contributed by atoms with Gasteiger partial charge in [0.15, 0.2) is 0 Å². The molecule has 2 heterocycles. The molecule has 1 fully saturated rings.